The van der Waals surface area contributed by atoms with E-state index in [1.54, 1.807) is 6.20 Å². The summed E-state index contributed by atoms with van der Waals surface area (Å²) in [5.74, 6) is 0.686. The fourth-order valence-corrected chi connectivity index (χ4v) is 2.57. The van der Waals surface area contributed by atoms with Gasteiger partial charge in [-0.2, -0.15) is 9.78 Å². The highest BCUT2D eigenvalue weighted by molar-refractivity contribution is 6.30. The van der Waals surface area contributed by atoms with Gasteiger partial charge in [0.15, 0.2) is 0 Å². The number of carbonyl (C=O) groups excluding carboxylic acids is 1. The van der Waals surface area contributed by atoms with Crippen molar-refractivity contribution in [3.8, 4) is 16.9 Å². The molecule has 3 rings (SSSR count). The van der Waals surface area contributed by atoms with Crippen molar-refractivity contribution in [2.24, 2.45) is 0 Å². The van der Waals surface area contributed by atoms with E-state index in [0.29, 0.717) is 17.2 Å². The second-order valence-corrected chi connectivity index (χ2v) is 6.06. The van der Waals surface area contributed by atoms with Gasteiger partial charge in [0.05, 0.1) is 6.20 Å². The van der Waals surface area contributed by atoms with Crippen LogP contribution in [0.1, 0.15) is 10.4 Å². The number of nitrogens with two attached hydrogens (primary N) is 1. The Morgan fingerprint density at radius 3 is 2.50 bits per heavy atom. The molecule has 0 amide bonds. The fourth-order valence-electron chi connectivity index (χ4n) is 2.44. The van der Waals surface area contributed by atoms with Gasteiger partial charge in [0.25, 0.3) is 5.91 Å². The van der Waals surface area contributed by atoms with Crippen LogP contribution in [0.5, 0.6) is 5.75 Å². The lowest BCUT2D eigenvalue weighted by Gasteiger charge is -2.08. The van der Waals surface area contributed by atoms with Crippen LogP contribution in [0, 0.1) is 0 Å². The van der Waals surface area contributed by atoms with Crippen LogP contribution in [0.15, 0.2) is 54.7 Å². The van der Waals surface area contributed by atoms with Crippen molar-refractivity contribution < 1.29 is 14.3 Å². The summed E-state index contributed by atoms with van der Waals surface area (Å²) in [6.45, 7) is 0.366. The minimum atomic E-state index is -0.320. The van der Waals surface area contributed by atoms with Gasteiger partial charge >= 0.3 is 0 Å². The number of benzene rings is 2. The molecule has 0 unspecified atom stereocenters. The number of nitrogens with zero attached hydrogens (tertiary/aromatic N) is 2. The molecule has 7 heteroatoms. The maximum absolute atomic E-state index is 11.9. The maximum atomic E-state index is 11.9. The number of aromatic nitrogens is 2. The Balaban J connectivity index is 1.69. The summed E-state index contributed by atoms with van der Waals surface area (Å²) in [5, 5.41) is 4.73. The summed E-state index contributed by atoms with van der Waals surface area (Å²) >= 11 is 5.87. The zero-order valence-corrected chi connectivity index (χ0v) is 14.9. The van der Waals surface area contributed by atoms with E-state index in [9.17, 15) is 4.79 Å². The number of anilines is 1. The Morgan fingerprint density at radius 1 is 1.15 bits per heavy atom. The first-order chi connectivity index (χ1) is 12.6. The van der Waals surface area contributed by atoms with E-state index < -0.39 is 0 Å². The Kier molecular flexibility index (Phi) is 5.55. The lowest BCUT2D eigenvalue weighted by Crippen LogP contribution is -2.19. The van der Waals surface area contributed by atoms with Crippen LogP contribution in [0.2, 0.25) is 5.02 Å². The minimum Gasteiger partial charge on any atom is -0.489 e. The van der Waals surface area contributed by atoms with E-state index in [4.69, 9.17) is 26.8 Å². The molecule has 1 heterocycles. The molecule has 0 spiro atoms. The number of carbonyl (C=O) groups is 1. The lowest BCUT2D eigenvalue weighted by molar-refractivity contribution is 0.0748. The number of halogens is 1. The SMILES string of the molecule is COCC(=O)n1ncc(-c2ccc(OCc3ccc(Cl)cc3)cc2)c1N. The van der Waals surface area contributed by atoms with Crippen molar-refractivity contribution in [2.75, 3.05) is 19.5 Å². The van der Waals surface area contributed by atoms with Crippen LogP contribution in [-0.2, 0) is 11.3 Å². The molecule has 6 nitrogen and oxygen atoms in total. The van der Waals surface area contributed by atoms with Crippen molar-refractivity contribution in [3.63, 3.8) is 0 Å². The molecule has 0 fully saturated rings. The Bertz CT molecular complexity index is 889. The molecule has 3 aromatic rings. The molecular formula is C19H18ClN3O3. The highest BCUT2D eigenvalue weighted by atomic mass is 35.5. The average Bonchev–Trinajstić information content (AvgIpc) is 3.03. The van der Waals surface area contributed by atoms with Gasteiger partial charge in [-0.1, -0.05) is 35.9 Å². The Labute approximate surface area is 156 Å². The number of methoxy groups -OCH3 is 1. The first-order valence-electron chi connectivity index (χ1n) is 7.92. The topological polar surface area (TPSA) is 79.4 Å². The molecule has 0 radical (unpaired) electrons. The van der Waals surface area contributed by atoms with Gasteiger partial charge in [0.1, 0.15) is 24.8 Å². The molecular weight excluding hydrogens is 354 g/mol. The van der Waals surface area contributed by atoms with Crippen LogP contribution < -0.4 is 10.5 Å². The second-order valence-electron chi connectivity index (χ2n) is 5.62. The number of hydrogen-bond donors (Lipinski definition) is 1. The van der Waals surface area contributed by atoms with Crippen LogP contribution in [-0.4, -0.2) is 29.4 Å². The van der Waals surface area contributed by atoms with Crippen molar-refractivity contribution >= 4 is 23.3 Å². The summed E-state index contributed by atoms with van der Waals surface area (Å²) in [4.78, 5) is 11.9. The molecule has 0 aliphatic heterocycles. The monoisotopic (exact) mass is 371 g/mol. The van der Waals surface area contributed by atoms with Gasteiger partial charge in [0, 0.05) is 17.7 Å². The minimum absolute atomic E-state index is 0.0806. The molecule has 2 N–H and O–H groups in total. The molecule has 2 aromatic carbocycles. The third-order valence-corrected chi connectivity index (χ3v) is 4.05. The smallest absolute Gasteiger partial charge is 0.274 e. The summed E-state index contributed by atoms with van der Waals surface area (Å²) in [6.07, 6.45) is 1.56. The molecule has 1 aromatic heterocycles. The van der Waals surface area contributed by atoms with Crippen LogP contribution in [0.3, 0.4) is 0 Å². The van der Waals surface area contributed by atoms with Crippen LogP contribution >= 0.6 is 11.6 Å². The van der Waals surface area contributed by atoms with Crippen molar-refractivity contribution in [3.05, 3.63) is 65.3 Å². The van der Waals surface area contributed by atoms with E-state index in [1.807, 2.05) is 48.5 Å². The molecule has 0 saturated heterocycles. The molecule has 134 valence electrons. The highest BCUT2D eigenvalue weighted by Gasteiger charge is 2.14. The molecule has 0 bridgehead atoms. The number of rotatable bonds is 6. The lowest BCUT2D eigenvalue weighted by atomic mass is 10.1. The molecule has 0 aliphatic rings. The van der Waals surface area contributed by atoms with E-state index in [2.05, 4.69) is 5.10 Å². The second kappa shape index (κ2) is 8.03. The normalized spacial score (nSPS) is 10.7. The van der Waals surface area contributed by atoms with E-state index in [-0.39, 0.29) is 18.3 Å². The molecule has 26 heavy (non-hydrogen) atoms. The Hall–Kier alpha value is -2.83. The fraction of sp³-hybridized carbons (Fsp3) is 0.158. The first kappa shape index (κ1) is 18.0. The van der Waals surface area contributed by atoms with Crippen molar-refractivity contribution in [2.45, 2.75) is 6.61 Å². The standard InChI is InChI=1S/C19H18ClN3O3/c1-25-12-18(24)23-19(21)17(10-22-23)14-4-8-16(9-5-14)26-11-13-2-6-15(20)7-3-13/h2-10H,11-12,21H2,1H3. The first-order valence-corrected chi connectivity index (χ1v) is 8.29. The highest BCUT2D eigenvalue weighted by Crippen LogP contribution is 2.27. The van der Waals surface area contributed by atoms with E-state index >= 15 is 0 Å². The van der Waals surface area contributed by atoms with Gasteiger partial charge in [0.2, 0.25) is 0 Å². The predicted molar refractivity (Wildman–Crippen MR) is 100 cm³/mol. The Morgan fingerprint density at radius 2 is 1.85 bits per heavy atom. The molecule has 0 aliphatic carbocycles. The van der Waals surface area contributed by atoms with E-state index in [1.165, 1.54) is 7.11 Å². The largest absolute Gasteiger partial charge is 0.489 e. The molecule has 0 atom stereocenters. The van der Waals surface area contributed by atoms with Crippen molar-refractivity contribution in [1.29, 1.82) is 0 Å². The zero-order chi connectivity index (χ0) is 18.5. The number of nitrogen functional groups attached to an aromatic ring is 1. The third kappa shape index (κ3) is 4.04. The number of hydrogen-bond acceptors (Lipinski definition) is 5. The summed E-state index contributed by atoms with van der Waals surface area (Å²) in [5.41, 5.74) is 8.59. The van der Waals surface area contributed by atoms with E-state index in [0.717, 1.165) is 21.6 Å². The van der Waals surface area contributed by atoms with Gasteiger partial charge in [-0.05, 0) is 35.4 Å². The summed E-state index contributed by atoms with van der Waals surface area (Å²) in [6, 6.07) is 14.9. The molecule has 0 saturated carbocycles. The van der Waals surface area contributed by atoms with Gasteiger partial charge in [-0.15, -0.1) is 0 Å². The maximum Gasteiger partial charge on any atom is 0.274 e. The van der Waals surface area contributed by atoms with Crippen LogP contribution in [0.25, 0.3) is 11.1 Å². The quantitative estimate of drug-likeness (QED) is 0.715. The average molecular weight is 372 g/mol. The number of ether oxygens (including phenoxy) is 2. The zero-order valence-electron chi connectivity index (χ0n) is 14.2. The van der Waals surface area contributed by atoms with Crippen molar-refractivity contribution in [1.82, 2.24) is 9.78 Å². The predicted octanol–water partition coefficient (Wildman–Crippen LogP) is 3.65. The third-order valence-electron chi connectivity index (χ3n) is 3.79. The van der Waals surface area contributed by atoms with Crippen LogP contribution in [0.4, 0.5) is 5.82 Å². The van der Waals surface area contributed by atoms with Gasteiger partial charge in [-0.3, -0.25) is 4.79 Å². The van der Waals surface area contributed by atoms with Gasteiger partial charge in [-0.25, -0.2) is 0 Å². The van der Waals surface area contributed by atoms with Gasteiger partial charge < -0.3 is 15.2 Å². The summed E-state index contributed by atoms with van der Waals surface area (Å²) < 4.78 is 11.7. The summed E-state index contributed by atoms with van der Waals surface area (Å²) in [7, 11) is 1.45.